The van der Waals surface area contributed by atoms with Gasteiger partial charge in [0.15, 0.2) is 0 Å². The van der Waals surface area contributed by atoms with E-state index in [1.165, 1.54) is 0 Å². The molecule has 0 radical (unpaired) electrons. The highest BCUT2D eigenvalue weighted by molar-refractivity contribution is 7.88. The molecule has 0 aliphatic carbocycles. The molecule has 1 saturated heterocycles. The van der Waals surface area contributed by atoms with Crippen LogP contribution in [0.1, 0.15) is 0 Å². The fourth-order valence-corrected chi connectivity index (χ4v) is 1.45. The Hall–Kier alpha value is -0.210. The predicted molar refractivity (Wildman–Crippen MR) is 51.2 cm³/mol. The fraction of sp³-hybridized carbons (Fsp3) is 1.00. The Morgan fingerprint density at radius 1 is 1.43 bits per heavy atom. The largest absolute Gasteiger partial charge is 0.379 e. The normalized spacial score (nSPS) is 19.8. The maximum absolute atomic E-state index is 10.6. The van der Waals surface area contributed by atoms with Crippen LogP contribution in [-0.2, 0) is 19.6 Å². The van der Waals surface area contributed by atoms with Crippen LogP contribution in [0.15, 0.2) is 0 Å². The van der Waals surface area contributed by atoms with Crippen LogP contribution in [0.2, 0.25) is 0 Å². The molecule has 1 rings (SSSR count). The van der Waals surface area contributed by atoms with Crippen molar-refractivity contribution in [3.8, 4) is 0 Å². The molecule has 0 saturated carbocycles. The minimum atomic E-state index is -3.24. The van der Waals surface area contributed by atoms with Gasteiger partial charge in [-0.15, -0.1) is 0 Å². The van der Waals surface area contributed by atoms with Crippen LogP contribution in [0.5, 0.6) is 0 Å². The van der Waals surface area contributed by atoms with Crippen molar-refractivity contribution in [1.29, 1.82) is 0 Å². The lowest BCUT2D eigenvalue weighted by Crippen LogP contribution is -2.39. The van der Waals surface area contributed by atoms with Crippen molar-refractivity contribution in [2.75, 3.05) is 45.7 Å². The van der Waals surface area contributed by atoms with Gasteiger partial charge in [-0.2, -0.15) is 0 Å². The molecule has 1 aliphatic rings. The zero-order valence-electron chi connectivity index (χ0n) is 8.23. The lowest BCUT2D eigenvalue weighted by Gasteiger charge is -2.26. The van der Waals surface area contributed by atoms with Gasteiger partial charge in [-0.1, -0.05) is 4.89 Å². The van der Waals surface area contributed by atoms with Crippen molar-refractivity contribution in [1.82, 2.24) is 9.79 Å². The first-order valence-electron chi connectivity index (χ1n) is 4.46. The number of hydrogen-bond acceptors (Lipinski definition) is 5. The molecule has 1 N–H and O–H groups in total. The molecule has 0 aromatic heterocycles. The number of morpholine rings is 1. The van der Waals surface area contributed by atoms with Crippen LogP contribution < -0.4 is 4.89 Å². The molecule has 1 heterocycles. The van der Waals surface area contributed by atoms with Gasteiger partial charge in [0.1, 0.15) is 0 Å². The van der Waals surface area contributed by atoms with Gasteiger partial charge in [0.2, 0.25) is 10.0 Å². The van der Waals surface area contributed by atoms with Crippen molar-refractivity contribution < 1.29 is 18.0 Å². The summed E-state index contributed by atoms with van der Waals surface area (Å²) in [5.74, 6) is 0. The Balaban J connectivity index is 2.03. The van der Waals surface area contributed by atoms with Gasteiger partial charge in [-0.25, -0.2) is 8.42 Å². The Morgan fingerprint density at radius 2 is 2.07 bits per heavy atom. The van der Waals surface area contributed by atoms with E-state index in [1.807, 2.05) is 4.89 Å². The predicted octanol–water partition coefficient (Wildman–Crippen LogP) is -1.20. The average Bonchev–Trinajstić information content (AvgIpc) is 2.13. The third-order valence-corrected chi connectivity index (χ3v) is 2.24. The molecule has 0 amide bonds. The quantitative estimate of drug-likeness (QED) is 0.469. The number of ether oxygens (including phenoxy) is 1. The summed E-state index contributed by atoms with van der Waals surface area (Å²) >= 11 is 0. The molecule has 0 atom stereocenters. The van der Waals surface area contributed by atoms with Crippen molar-refractivity contribution in [3.05, 3.63) is 0 Å². The Kier molecular flexibility index (Phi) is 4.76. The van der Waals surface area contributed by atoms with Crippen molar-refractivity contribution in [3.63, 3.8) is 0 Å². The van der Waals surface area contributed by atoms with E-state index in [9.17, 15) is 8.42 Å². The highest BCUT2D eigenvalue weighted by Crippen LogP contribution is 1.95. The van der Waals surface area contributed by atoms with Crippen LogP contribution >= 0.6 is 0 Å². The third-order valence-electron chi connectivity index (χ3n) is 1.82. The first-order valence-corrected chi connectivity index (χ1v) is 6.36. The number of hydrogen-bond donors (Lipinski definition) is 1. The molecule has 0 unspecified atom stereocenters. The first-order chi connectivity index (χ1) is 6.58. The van der Waals surface area contributed by atoms with Gasteiger partial charge in [-0.3, -0.25) is 9.74 Å². The van der Waals surface area contributed by atoms with E-state index in [1.54, 1.807) is 0 Å². The highest BCUT2D eigenvalue weighted by atomic mass is 32.2. The smallest absolute Gasteiger partial charge is 0.230 e. The molecule has 0 spiro atoms. The average molecular weight is 224 g/mol. The van der Waals surface area contributed by atoms with E-state index in [4.69, 9.17) is 9.57 Å². The molecule has 14 heavy (non-hydrogen) atoms. The molecule has 1 fully saturated rings. The van der Waals surface area contributed by atoms with Gasteiger partial charge in [0.25, 0.3) is 0 Å². The second-order valence-electron chi connectivity index (χ2n) is 3.16. The third kappa shape index (κ3) is 5.51. The molecule has 0 bridgehead atoms. The molecule has 7 heteroatoms. The van der Waals surface area contributed by atoms with Crippen LogP contribution in [-0.4, -0.2) is 59.0 Å². The summed E-state index contributed by atoms with van der Waals surface area (Å²) in [5.41, 5.74) is 0. The van der Waals surface area contributed by atoms with Crippen molar-refractivity contribution >= 4 is 10.0 Å². The van der Waals surface area contributed by atoms with Crippen LogP contribution in [0.4, 0.5) is 0 Å². The van der Waals surface area contributed by atoms with Crippen LogP contribution in [0.3, 0.4) is 0 Å². The van der Waals surface area contributed by atoms with Gasteiger partial charge in [0.05, 0.1) is 26.1 Å². The number of nitrogens with zero attached hydrogens (tertiary/aromatic N) is 1. The summed E-state index contributed by atoms with van der Waals surface area (Å²) in [6.45, 7) is 4.29. The fourth-order valence-electron chi connectivity index (χ4n) is 1.15. The Morgan fingerprint density at radius 3 is 2.64 bits per heavy atom. The second kappa shape index (κ2) is 5.62. The zero-order chi connectivity index (χ0) is 10.4. The standard InChI is InChI=1S/C7H16N2O4S/c1-14(10,11)8-13-7-4-9-2-5-12-6-3-9/h8H,2-7H2,1H3. The SMILES string of the molecule is CS(=O)(=O)NOCCN1CCOCC1. The minimum absolute atomic E-state index is 0.354. The van der Waals surface area contributed by atoms with Crippen LogP contribution in [0.25, 0.3) is 0 Å². The summed E-state index contributed by atoms with van der Waals surface area (Å²) in [4.78, 5) is 8.92. The zero-order valence-corrected chi connectivity index (χ0v) is 9.05. The Labute approximate surface area is 84.2 Å². The van der Waals surface area contributed by atoms with Crippen molar-refractivity contribution in [2.24, 2.45) is 0 Å². The summed E-state index contributed by atoms with van der Waals surface area (Å²) in [6, 6.07) is 0. The van der Waals surface area contributed by atoms with Gasteiger partial charge >= 0.3 is 0 Å². The van der Waals surface area contributed by atoms with E-state index in [0.29, 0.717) is 13.2 Å². The summed E-state index contributed by atoms with van der Waals surface area (Å²) in [5, 5.41) is 0. The summed E-state index contributed by atoms with van der Waals surface area (Å²) in [6.07, 6.45) is 1.06. The van der Waals surface area contributed by atoms with E-state index < -0.39 is 10.0 Å². The lowest BCUT2D eigenvalue weighted by atomic mass is 10.4. The van der Waals surface area contributed by atoms with Crippen molar-refractivity contribution in [2.45, 2.75) is 0 Å². The monoisotopic (exact) mass is 224 g/mol. The topological polar surface area (TPSA) is 67.9 Å². The molecule has 1 aliphatic heterocycles. The molecular formula is C7H16N2O4S. The van der Waals surface area contributed by atoms with Gasteiger partial charge < -0.3 is 4.74 Å². The molecular weight excluding hydrogens is 208 g/mol. The summed E-state index contributed by atoms with van der Waals surface area (Å²) in [7, 11) is -3.24. The molecule has 0 aromatic rings. The second-order valence-corrected chi connectivity index (χ2v) is 4.87. The van der Waals surface area contributed by atoms with E-state index in [0.717, 1.165) is 32.6 Å². The lowest BCUT2D eigenvalue weighted by molar-refractivity contribution is 0.0126. The van der Waals surface area contributed by atoms with Gasteiger partial charge in [-0.05, 0) is 0 Å². The maximum atomic E-state index is 10.6. The van der Waals surface area contributed by atoms with E-state index in [2.05, 4.69) is 4.90 Å². The molecule has 0 aromatic carbocycles. The van der Waals surface area contributed by atoms with Gasteiger partial charge in [0, 0.05) is 19.6 Å². The van der Waals surface area contributed by atoms with Crippen LogP contribution in [0, 0.1) is 0 Å². The van der Waals surface area contributed by atoms with E-state index in [-0.39, 0.29) is 0 Å². The molecule has 84 valence electrons. The number of rotatable bonds is 5. The minimum Gasteiger partial charge on any atom is -0.379 e. The maximum Gasteiger partial charge on any atom is 0.230 e. The van der Waals surface area contributed by atoms with E-state index >= 15 is 0 Å². The first kappa shape index (κ1) is 11.9. The number of nitrogens with one attached hydrogen (secondary N) is 1. The number of sulfonamides is 1. The Bertz CT molecular complexity index is 248. The summed E-state index contributed by atoms with van der Waals surface area (Å²) < 4.78 is 26.4. The highest BCUT2D eigenvalue weighted by Gasteiger charge is 2.09. The molecule has 6 nitrogen and oxygen atoms in total.